The van der Waals surface area contributed by atoms with Gasteiger partial charge in [-0.25, -0.2) is 4.98 Å². The van der Waals surface area contributed by atoms with E-state index in [1.807, 2.05) is 18.2 Å². The van der Waals surface area contributed by atoms with Gasteiger partial charge in [0.05, 0.1) is 15.7 Å². The summed E-state index contributed by atoms with van der Waals surface area (Å²) in [6.45, 7) is 0. The van der Waals surface area contributed by atoms with Gasteiger partial charge in [0, 0.05) is 22.3 Å². The molecule has 1 N–H and O–H groups in total. The number of hydrogen-bond donors (Lipinski definition) is 1. The average Bonchev–Trinajstić information content (AvgIpc) is 2.91. The van der Waals surface area contributed by atoms with E-state index in [4.69, 9.17) is 34.8 Å². The Kier molecular flexibility index (Phi) is 4.49. The fraction of sp³-hybridized carbons (Fsp3) is 0.0526. The molecule has 2 aromatic carbocycles. The van der Waals surface area contributed by atoms with Crippen LogP contribution in [0, 0.1) is 0 Å². The van der Waals surface area contributed by atoms with E-state index in [1.54, 1.807) is 41.3 Å². The fourth-order valence-electron chi connectivity index (χ4n) is 2.96. The number of benzene rings is 2. The van der Waals surface area contributed by atoms with Crippen molar-refractivity contribution in [2.75, 3.05) is 10.2 Å². The Balaban J connectivity index is 1.79. The van der Waals surface area contributed by atoms with Crippen LogP contribution in [0.2, 0.25) is 15.1 Å². The number of fused-ring (bicyclic) bond motifs is 1. The molecule has 0 radical (unpaired) electrons. The van der Waals surface area contributed by atoms with Gasteiger partial charge in [-0.15, -0.1) is 0 Å². The zero-order chi connectivity index (χ0) is 18.3. The highest BCUT2D eigenvalue weighted by atomic mass is 35.5. The Morgan fingerprint density at radius 1 is 0.962 bits per heavy atom. The number of hydrogen-bond acceptors (Lipinski definition) is 3. The van der Waals surface area contributed by atoms with Crippen molar-refractivity contribution >= 4 is 52.2 Å². The summed E-state index contributed by atoms with van der Waals surface area (Å²) < 4.78 is 0. The minimum absolute atomic E-state index is 0.141. The van der Waals surface area contributed by atoms with Crippen molar-refractivity contribution in [1.82, 2.24) is 4.98 Å². The molecule has 2 heterocycles. The highest BCUT2D eigenvalue weighted by molar-refractivity contribution is 6.36. The van der Waals surface area contributed by atoms with Crippen LogP contribution in [0.1, 0.15) is 22.1 Å². The van der Waals surface area contributed by atoms with Crippen LogP contribution in [0.3, 0.4) is 0 Å². The van der Waals surface area contributed by atoms with Gasteiger partial charge in [-0.05, 0) is 36.4 Å². The predicted octanol–water partition coefficient (Wildman–Crippen LogP) is 5.81. The summed E-state index contributed by atoms with van der Waals surface area (Å²) in [5.74, 6) is 0.358. The number of nitrogens with one attached hydrogen (secondary N) is 1. The third-order valence-electron chi connectivity index (χ3n) is 4.14. The molecule has 1 aromatic heterocycles. The Hall–Kier alpha value is -2.27. The lowest BCUT2D eigenvalue weighted by atomic mass is 10.1. The molecule has 1 unspecified atom stereocenters. The molecule has 0 saturated carbocycles. The largest absolute Gasteiger partial charge is 0.360 e. The monoisotopic (exact) mass is 403 g/mol. The zero-order valence-corrected chi connectivity index (χ0v) is 15.6. The third-order valence-corrected chi connectivity index (χ3v) is 4.92. The molecule has 0 saturated heterocycles. The number of carbonyl (C=O) groups excluding carboxylic acids is 1. The molecule has 4 nitrogen and oxygen atoms in total. The number of anilines is 2. The van der Waals surface area contributed by atoms with Gasteiger partial charge in [0.2, 0.25) is 0 Å². The maximum absolute atomic E-state index is 13.0. The first-order chi connectivity index (χ1) is 12.5. The second-order valence-corrected chi connectivity index (χ2v) is 7.05. The van der Waals surface area contributed by atoms with Crippen LogP contribution in [-0.2, 0) is 0 Å². The number of aromatic nitrogens is 1. The van der Waals surface area contributed by atoms with Gasteiger partial charge >= 0.3 is 0 Å². The number of pyridine rings is 1. The lowest BCUT2D eigenvalue weighted by molar-refractivity contribution is 0.0992. The van der Waals surface area contributed by atoms with Crippen LogP contribution < -0.4 is 10.2 Å². The van der Waals surface area contributed by atoms with E-state index in [1.165, 1.54) is 6.20 Å². The standard InChI is InChI=1S/C19H12Cl3N3O/c20-11-5-7-16(15(22)9-11)24-18-13-3-1-2-4-14(13)19(26)25(18)17-8-6-12(21)10-23-17/h1-10,18,24H. The summed E-state index contributed by atoms with van der Waals surface area (Å²) in [5, 5.41) is 4.84. The minimum Gasteiger partial charge on any atom is -0.360 e. The first kappa shape index (κ1) is 17.2. The number of carbonyl (C=O) groups is 1. The summed E-state index contributed by atoms with van der Waals surface area (Å²) in [6.07, 6.45) is 1.06. The third kappa shape index (κ3) is 3.01. The highest BCUT2D eigenvalue weighted by Crippen LogP contribution is 2.39. The van der Waals surface area contributed by atoms with Crippen molar-refractivity contribution in [3.63, 3.8) is 0 Å². The van der Waals surface area contributed by atoms with Crippen molar-refractivity contribution in [3.8, 4) is 0 Å². The molecule has 3 aromatic rings. The maximum atomic E-state index is 13.0. The zero-order valence-electron chi connectivity index (χ0n) is 13.3. The van der Waals surface area contributed by atoms with Crippen LogP contribution in [0.5, 0.6) is 0 Å². The molecule has 7 heteroatoms. The Morgan fingerprint density at radius 3 is 2.46 bits per heavy atom. The van der Waals surface area contributed by atoms with Crippen LogP contribution in [0.4, 0.5) is 11.5 Å². The normalized spacial score (nSPS) is 15.9. The van der Waals surface area contributed by atoms with Crippen molar-refractivity contribution < 1.29 is 4.79 Å². The Bertz CT molecular complexity index is 992. The lowest BCUT2D eigenvalue weighted by Gasteiger charge is -2.26. The van der Waals surface area contributed by atoms with Crippen molar-refractivity contribution in [2.24, 2.45) is 0 Å². The number of halogens is 3. The fourth-order valence-corrected chi connectivity index (χ4v) is 3.53. The number of amides is 1. The van der Waals surface area contributed by atoms with E-state index in [0.717, 1.165) is 5.56 Å². The molecule has 1 aliphatic heterocycles. The first-order valence-corrected chi connectivity index (χ1v) is 8.93. The molecule has 1 amide bonds. The molecule has 26 heavy (non-hydrogen) atoms. The van der Waals surface area contributed by atoms with E-state index in [9.17, 15) is 4.79 Å². The summed E-state index contributed by atoms with van der Waals surface area (Å²) in [7, 11) is 0. The summed E-state index contributed by atoms with van der Waals surface area (Å²) in [5.41, 5.74) is 2.14. The van der Waals surface area contributed by atoms with E-state index in [2.05, 4.69) is 10.3 Å². The summed E-state index contributed by atoms with van der Waals surface area (Å²) >= 11 is 18.2. The molecular weight excluding hydrogens is 393 g/mol. The SMILES string of the molecule is O=C1c2ccccc2C(Nc2ccc(Cl)cc2Cl)N1c1ccc(Cl)cn1. The Morgan fingerprint density at radius 2 is 1.73 bits per heavy atom. The molecular formula is C19H12Cl3N3O. The smallest absolute Gasteiger partial charge is 0.261 e. The first-order valence-electron chi connectivity index (χ1n) is 7.80. The molecule has 1 aliphatic rings. The van der Waals surface area contributed by atoms with Crippen molar-refractivity contribution in [2.45, 2.75) is 6.17 Å². The predicted molar refractivity (Wildman–Crippen MR) is 105 cm³/mol. The molecule has 1 atom stereocenters. The van der Waals surface area contributed by atoms with E-state index in [0.29, 0.717) is 32.1 Å². The summed E-state index contributed by atoms with van der Waals surface area (Å²) in [4.78, 5) is 18.9. The van der Waals surface area contributed by atoms with Gasteiger partial charge in [-0.3, -0.25) is 9.69 Å². The van der Waals surface area contributed by atoms with Crippen LogP contribution >= 0.6 is 34.8 Å². The average molecular weight is 405 g/mol. The van der Waals surface area contributed by atoms with Gasteiger partial charge in [-0.1, -0.05) is 53.0 Å². The molecule has 0 bridgehead atoms. The van der Waals surface area contributed by atoms with E-state index in [-0.39, 0.29) is 5.91 Å². The number of nitrogens with zero attached hydrogens (tertiary/aromatic N) is 2. The van der Waals surface area contributed by atoms with Gasteiger partial charge in [0.1, 0.15) is 12.0 Å². The molecule has 130 valence electrons. The second-order valence-electron chi connectivity index (χ2n) is 5.77. The quantitative estimate of drug-likeness (QED) is 0.599. The van der Waals surface area contributed by atoms with Crippen LogP contribution in [0.15, 0.2) is 60.8 Å². The van der Waals surface area contributed by atoms with Gasteiger partial charge in [-0.2, -0.15) is 0 Å². The van der Waals surface area contributed by atoms with Gasteiger partial charge < -0.3 is 5.32 Å². The van der Waals surface area contributed by atoms with E-state index >= 15 is 0 Å². The number of rotatable bonds is 3. The Labute approximate surface area is 165 Å². The van der Waals surface area contributed by atoms with Crippen LogP contribution in [0.25, 0.3) is 0 Å². The van der Waals surface area contributed by atoms with Gasteiger partial charge in [0.25, 0.3) is 5.91 Å². The molecule has 0 aliphatic carbocycles. The molecule has 4 rings (SSSR count). The van der Waals surface area contributed by atoms with Crippen molar-refractivity contribution in [1.29, 1.82) is 0 Å². The van der Waals surface area contributed by atoms with Crippen molar-refractivity contribution in [3.05, 3.63) is 87.0 Å². The maximum Gasteiger partial charge on any atom is 0.261 e. The highest BCUT2D eigenvalue weighted by Gasteiger charge is 2.38. The summed E-state index contributed by atoms with van der Waals surface area (Å²) in [6, 6.07) is 16.0. The lowest BCUT2D eigenvalue weighted by Crippen LogP contribution is -2.33. The molecule has 0 fully saturated rings. The minimum atomic E-state index is -0.453. The second kappa shape index (κ2) is 6.80. The topological polar surface area (TPSA) is 45.2 Å². The van der Waals surface area contributed by atoms with Gasteiger partial charge in [0.15, 0.2) is 0 Å². The molecule has 0 spiro atoms. The van der Waals surface area contributed by atoms with Crippen LogP contribution in [-0.4, -0.2) is 10.9 Å². The van der Waals surface area contributed by atoms with E-state index < -0.39 is 6.17 Å².